The van der Waals surface area contributed by atoms with Crippen molar-refractivity contribution in [3.05, 3.63) is 23.1 Å². The Morgan fingerprint density at radius 1 is 1.42 bits per heavy atom. The summed E-state index contributed by atoms with van der Waals surface area (Å²) in [5.74, 6) is 1.53. The van der Waals surface area contributed by atoms with E-state index >= 15 is 0 Å². The lowest BCUT2D eigenvalue weighted by Crippen LogP contribution is -2.23. The molecule has 0 aliphatic rings. The van der Waals surface area contributed by atoms with E-state index in [-0.39, 0.29) is 0 Å². The van der Waals surface area contributed by atoms with Crippen LogP contribution in [0.5, 0.6) is 0 Å². The predicted molar refractivity (Wildman–Crippen MR) is 80.1 cm³/mol. The number of pyridine rings is 1. The molecule has 0 radical (unpaired) electrons. The normalized spacial score (nSPS) is 11.6. The molecule has 2 aromatic rings. The summed E-state index contributed by atoms with van der Waals surface area (Å²) in [6.45, 7) is 4.99. The molecule has 4 nitrogen and oxygen atoms in total. The SMILES string of the molecule is CCN(C)CCn1c(CCCl)nc2cc(Cl)cnc21. The van der Waals surface area contributed by atoms with Gasteiger partial charge < -0.3 is 9.47 Å². The van der Waals surface area contributed by atoms with Crippen molar-refractivity contribution in [1.29, 1.82) is 0 Å². The van der Waals surface area contributed by atoms with Crippen molar-refractivity contribution in [3.8, 4) is 0 Å². The molecular weight excluding hydrogens is 283 g/mol. The fourth-order valence-electron chi connectivity index (χ4n) is 1.97. The Hall–Kier alpha value is -0.840. The van der Waals surface area contributed by atoms with Crippen LogP contribution in [-0.2, 0) is 13.0 Å². The van der Waals surface area contributed by atoms with E-state index in [0.29, 0.717) is 10.9 Å². The highest BCUT2D eigenvalue weighted by Gasteiger charge is 2.12. The van der Waals surface area contributed by atoms with E-state index in [2.05, 4.69) is 33.4 Å². The first-order valence-corrected chi connectivity index (χ1v) is 7.32. The van der Waals surface area contributed by atoms with Gasteiger partial charge in [-0.2, -0.15) is 0 Å². The highest BCUT2D eigenvalue weighted by molar-refractivity contribution is 6.31. The second-order valence-corrected chi connectivity index (χ2v) is 5.33. The van der Waals surface area contributed by atoms with E-state index in [4.69, 9.17) is 23.2 Å². The minimum Gasteiger partial charge on any atom is -0.311 e. The summed E-state index contributed by atoms with van der Waals surface area (Å²) in [5, 5.41) is 0.611. The van der Waals surface area contributed by atoms with Crippen LogP contribution in [-0.4, -0.2) is 45.5 Å². The number of hydrogen-bond acceptors (Lipinski definition) is 3. The quantitative estimate of drug-likeness (QED) is 0.769. The molecule has 0 fully saturated rings. The molecule has 104 valence electrons. The first-order valence-electron chi connectivity index (χ1n) is 6.41. The Balaban J connectivity index is 2.34. The van der Waals surface area contributed by atoms with Crippen molar-refractivity contribution in [2.24, 2.45) is 0 Å². The van der Waals surface area contributed by atoms with Gasteiger partial charge in [-0.05, 0) is 19.7 Å². The Kier molecular flexibility index (Phi) is 5.02. The first-order chi connectivity index (χ1) is 9.15. The topological polar surface area (TPSA) is 34.0 Å². The fraction of sp³-hybridized carbons (Fsp3) is 0.538. The number of rotatable bonds is 6. The van der Waals surface area contributed by atoms with E-state index < -0.39 is 0 Å². The average molecular weight is 301 g/mol. The number of fused-ring (bicyclic) bond motifs is 1. The van der Waals surface area contributed by atoms with E-state index in [1.165, 1.54) is 0 Å². The summed E-state index contributed by atoms with van der Waals surface area (Å²) in [6, 6.07) is 1.85. The minimum absolute atomic E-state index is 0.556. The maximum absolute atomic E-state index is 5.96. The van der Waals surface area contributed by atoms with Gasteiger partial charge in [0.15, 0.2) is 5.65 Å². The Labute approximate surface area is 123 Å². The summed E-state index contributed by atoms with van der Waals surface area (Å²) < 4.78 is 2.14. The average Bonchev–Trinajstić information content (AvgIpc) is 2.73. The van der Waals surface area contributed by atoms with Gasteiger partial charge in [0.2, 0.25) is 0 Å². The molecule has 2 rings (SSSR count). The van der Waals surface area contributed by atoms with E-state index in [1.807, 2.05) is 6.07 Å². The molecule has 0 amide bonds. The van der Waals surface area contributed by atoms with Gasteiger partial charge in [0.1, 0.15) is 11.3 Å². The highest BCUT2D eigenvalue weighted by Crippen LogP contribution is 2.18. The number of hydrogen-bond donors (Lipinski definition) is 0. The zero-order valence-corrected chi connectivity index (χ0v) is 12.7. The maximum atomic E-state index is 5.96. The van der Waals surface area contributed by atoms with Crippen LogP contribution in [0.3, 0.4) is 0 Å². The van der Waals surface area contributed by atoms with Gasteiger partial charge in [0, 0.05) is 31.6 Å². The van der Waals surface area contributed by atoms with Gasteiger partial charge in [-0.15, -0.1) is 11.6 Å². The van der Waals surface area contributed by atoms with Crippen molar-refractivity contribution in [2.75, 3.05) is 26.0 Å². The molecule has 0 aromatic carbocycles. The molecular formula is C13H18Cl2N4. The molecule has 0 saturated carbocycles. The number of likely N-dealkylation sites (N-methyl/N-ethyl adjacent to an activating group) is 1. The maximum Gasteiger partial charge on any atom is 0.160 e. The predicted octanol–water partition coefficient (Wildman–Crippen LogP) is 2.82. The monoisotopic (exact) mass is 300 g/mol. The van der Waals surface area contributed by atoms with Crippen LogP contribution in [0.4, 0.5) is 0 Å². The van der Waals surface area contributed by atoms with Crippen molar-refractivity contribution in [3.63, 3.8) is 0 Å². The van der Waals surface area contributed by atoms with Crippen molar-refractivity contribution < 1.29 is 0 Å². The lowest BCUT2D eigenvalue weighted by atomic mass is 10.4. The largest absolute Gasteiger partial charge is 0.311 e. The van der Waals surface area contributed by atoms with Gasteiger partial charge in [-0.1, -0.05) is 18.5 Å². The number of aryl methyl sites for hydroxylation is 1. The summed E-state index contributed by atoms with van der Waals surface area (Å²) in [4.78, 5) is 11.2. The van der Waals surface area contributed by atoms with Crippen LogP contribution in [0.25, 0.3) is 11.2 Å². The highest BCUT2D eigenvalue weighted by atomic mass is 35.5. The molecule has 0 atom stereocenters. The van der Waals surface area contributed by atoms with Crippen molar-refractivity contribution >= 4 is 34.4 Å². The summed E-state index contributed by atoms with van der Waals surface area (Å²) in [7, 11) is 2.10. The molecule has 2 heterocycles. The van der Waals surface area contributed by atoms with Gasteiger partial charge in [-0.3, -0.25) is 0 Å². The van der Waals surface area contributed by atoms with E-state index in [9.17, 15) is 0 Å². The Morgan fingerprint density at radius 2 is 2.21 bits per heavy atom. The van der Waals surface area contributed by atoms with Gasteiger partial charge >= 0.3 is 0 Å². The molecule has 6 heteroatoms. The molecule has 0 bridgehead atoms. The third-order valence-corrected chi connectivity index (χ3v) is 3.59. The summed E-state index contributed by atoms with van der Waals surface area (Å²) in [6.07, 6.45) is 2.40. The third-order valence-electron chi connectivity index (χ3n) is 3.19. The van der Waals surface area contributed by atoms with E-state index in [0.717, 1.165) is 43.0 Å². The smallest absolute Gasteiger partial charge is 0.160 e. The summed E-state index contributed by atoms with van der Waals surface area (Å²) >= 11 is 11.8. The van der Waals surface area contributed by atoms with Crippen LogP contribution in [0.1, 0.15) is 12.7 Å². The molecule has 0 aliphatic heterocycles. The molecule has 0 saturated heterocycles. The zero-order valence-electron chi connectivity index (χ0n) is 11.2. The first kappa shape index (κ1) is 14.6. The minimum atomic E-state index is 0.556. The second-order valence-electron chi connectivity index (χ2n) is 4.51. The lowest BCUT2D eigenvalue weighted by molar-refractivity contribution is 0.335. The molecule has 0 spiro atoms. The van der Waals surface area contributed by atoms with E-state index in [1.54, 1.807) is 6.20 Å². The van der Waals surface area contributed by atoms with Crippen molar-refractivity contribution in [2.45, 2.75) is 19.9 Å². The van der Waals surface area contributed by atoms with Crippen LogP contribution in [0.15, 0.2) is 12.3 Å². The fourth-order valence-corrected chi connectivity index (χ4v) is 2.29. The molecule has 2 aromatic heterocycles. The van der Waals surface area contributed by atoms with Gasteiger partial charge in [0.05, 0.1) is 5.02 Å². The lowest BCUT2D eigenvalue weighted by Gasteiger charge is -2.15. The number of nitrogens with zero attached hydrogens (tertiary/aromatic N) is 4. The molecule has 19 heavy (non-hydrogen) atoms. The van der Waals surface area contributed by atoms with Crippen LogP contribution in [0, 0.1) is 0 Å². The second kappa shape index (κ2) is 6.55. The third kappa shape index (κ3) is 3.38. The Bertz CT molecular complexity index is 553. The van der Waals surface area contributed by atoms with Gasteiger partial charge in [-0.25, -0.2) is 9.97 Å². The van der Waals surface area contributed by atoms with Gasteiger partial charge in [0.25, 0.3) is 0 Å². The Morgan fingerprint density at radius 3 is 2.89 bits per heavy atom. The molecule has 0 N–H and O–H groups in total. The van der Waals surface area contributed by atoms with Crippen LogP contribution in [0.2, 0.25) is 5.02 Å². The standard InChI is InChI=1S/C13H18Cl2N4/c1-3-18(2)6-7-19-12(4-5-14)17-11-8-10(15)9-16-13(11)19/h8-9H,3-7H2,1-2H3. The molecule has 0 aliphatic carbocycles. The number of imidazole rings is 1. The van der Waals surface area contributed by atoms with Crippen LogP contribution < -0.4 is 0 Å². The molecule has 0 unspecified atom stereocenters. The zero-order chi connectivity index (χ0) is 13.8. The van der Waals surface area contributed by atoms with Crippen molar-refractivity contribution in [1.82, 2.24) is 19.4 Å². The number of aromatic nitrogens is 3. The summed E-state index contributed by atoms with van der Waals surface area (Å²) in [5.41, 5.74) is 1.72. The van der Waals surface area contributed by atoms with Crippen LogP contribution >= 0.6 is 23.2 Å². The number of alkyl halides is 1. The number of halogens is 2.